The Balaban J connectivity index is 1.99. The summed E-state index contributed by atoms with van der Waals surface area (Å²) in [5.41, 5.74) is 2.43. The topological polar surface area (TPSA) is 28.4 Å². The van der Waals surface area contributed by atoms with Gasteiger partial charge in [0.05, 0.1) is 6.04 Å². The summed E-state index contributed by atoms with van der Waals surface area (Å²) >= 11 is 0. The maximum atomic E-state index is 5.62. The van der Waals surface area contributed by atoms with Gasteiger partial charge < -0.3 is 14.6 Å². The summed E-state index contributed by atoms with van der Waals surface area (Å²) in [5.74, 6) is 1.92. The second-order valence-electron chi connectivity index (χ2n) is 5.25. The molecule has 0 bridgehead atoms. The fraction of sp³-hybridized carbons (Fsp3) is 0.375. The first-order valence-electron chi connectivity index (χ1n) is 6.61. The van der Waals surface area contributed by atoms with Gasteiger partial charge in [-0.25, -0.2) is 0 Å². The standard InChI is InChI=1S/C16H22N2O/c1-12-5-10-16(19-12)13(2)17-15-8-6-14(7-9-15)11-18(3)4/h5-10,13,17H,11H2,1-4H3. The molecule has 0 amide bonds. The zero-order valence-corrected chi connectivity index (χ0v) is 12.1. The number of hydrogen-bond acceptors (Lipinski definition) is 3. The number of nitrogens with zero attached hydrogens (tertiary/aromatic N) is 1. The molecule has 1 unspecified atom stereocenters. The van der Waals surface area contributed by atoms with E-state index in [2.05, 4.69) is 55.5 Å². The van der Waals surface area contributed by atoms with Crippen molar-refractivity contribution in [1.29, 1.82) is 0 Å². The summed E-state index contributed by atoms with van der Waals surface area (Å²) in [7, 11) is 4.15. The maximum absolute atomic E-state index is 5.62. The van der Waals surface area contributed by atoms with Crippen LogP contribution < -0.4 is 5.32 Å². The summed E-state index contributed by atoms with van der Waals surface area (Å²) in [4.78, 5) is 2.16. The Morgan fingerprint density at radius 2 is 1.79 bits per heavy atom. The average Bonchev–Trinajstić information content (AvgIpc) is 2.78. The van der Waals surface area contributed by atoms with Crippen molar-refractivity contribution in [3.8, 4) is 0 Å². The third-order valence-electron chi connectivity index (χ3n) is 3.02. The Hall–Kier alpha value is -1.74. The van der Waals surface area contributed by atoms with Crippen LogP contribution in [0, 0.1) is 6.92 Å². The van der Waals surface area contributed by atoms with Gasteiger partial charge in [0.25, 0.3) is 0 Å². The first kappa shape index (κ1) is 13.7. The van der Waals surface area contributed by atoms with Crippen molar-refractivity contribution in [2.45, 2.75) is 26.4 Å². The predicted molar refractivity (Wildman–Crippen MR) is 79.3 cm³/mol. The van der Waals surface area contributed by atoms with Crippen molar-refractivity contribution in [3.63, 3.8) is 0 Å². The maximum Gasteiger partial charge on any atom is 0.126 e. The van der Waals surface area contributed by atoms with Gasteiger partial charge in [-0.05, 0) is 57.8 Å². The molecule has 1 N–H and O–H groups in total. The van der Waals surface area contributed by atoms with E-state index in [0.29, 0.717) is 0 Å². The smallest absolute Gasteiger partial charge is 0.126 e. The van der Waals surface area contributed by atoms with Crippen molar-refractivity contribution in [2.75, 3.05) is 19.4 Å². The SMILES string of the molecule is Cc1ccc(C(C)Nc2ccc(CN(C)C)cc2)o1. The Kier molecular flexibility index (Phi) is 4.27. The highest BCUT2D eigenvalue weighted by molar-refractivity contribution is 5.46. The van der Waals surface area contributed by atoms with E-state index < -0.39 is 0 Å². The number of anilines is 1. The second kappa shape index (κ2) is 5.93. The molecule has 0 saturated carbocycles. The van der Waals surface area contributed by atoms with Gasteiger partial charge in [-0.3, -0.25) is 0 Å². The highest BCUT2D eigenvalue weighted by Gasteiger charge is 2.09. The van der Waals surface area contributed by atoms with Crippen LogP contribution in [-0.2, 0) is 6.54 Å². The molecule has 3 nitrogen and oxygen atoms in total. The lowest BCUT2D eigenvalue weighted by Gasteiger charge is -2.14. The predicted octanol–water partition coefficient (Wildman–Crippen LogP) is 3.82. The summed E-state index contributed by atoms with van der Waals surface area (Å²) in [6, 6.07) is 12.7. The van der Waals surface area contributed by atoms with E-state index in [1.54, 1.807) is 0 Å². The van der Waals surface area contributed by atoms with Crippen LogP contribution in [0.4, 0.5) is 5.69 Å². The highest BCUT2D eigenvalue weighted by Crippen LogP contribution is 2.21. The van der Waals surface area contributed by atoms with Gasteiger partial charge >= 0.3 is 0 Å². The number of nitrogens with one attached hydrogen (secondary N) is 1. The quantitative estimate of drug-likeness (QED) is 0.883. The van der Waals surface area contributed by atoms with E-state index in [1.165, 1.54) is 5.56 Å². The lowest BCUT2D eigenvalue weighted by Crippen LogP contribution is -2.10. The van der Waals surface area contributed by atoms with Crippen LogP contribution >= 0.6 is 0 Å². The van der Waals surface area contributed by atoms with Crippen molar-refractivity contribution in [3.05, 3.63) is 53.5 Å². The molecule has 102 valence electrons. The highest BCUT2D eigenvalue weighted by atomic mass is 16.3. The van der Waals surface area contributed by atoms with Gasteiger partial charge in [-0.15, -0.1) is 0 Å². The van der Waals surface area contributed by atoms with Crippen LogP contribution in [-0.4, -0.2) is 19.0 Å². The molecule has 1 aromatic carbocycles. The summed E-state index contributed by atoms with van der Waals surface area (Å²) in [5, 5.41) is 3.44. The molecule has 0 aliphatic rings. The normalized spacial score (nSPS) is 12.7. The van der Waals surface area contributed by atoms with Crippen LogP contribution in [0.5, 0.6) is 0 Å². The van der Waals surface area contributed by atoms with Crippen molar-refractivity contribution < 1.29 is 4.42 Å². The molecule has 0 aliphatic heterocycles. The fourth-order valence-electron chi connectivity index (χ4n) is 2.08. The lowest BCUT2D eigenvalue weighted by molar-refractivity contribution is 0.402. The molecule has 0 spiro atoms. The molecule has 3 heteroatoms. The number of rotatable bonds is 5. The number of benzene rings is 1. The zero-order chi connectivity index (χ0) is 13.8. The van der Waals surface area contributed by atoms with Crippen LogP contribution in [0.2, 0.25) is 0 Å². The van der Waals surface area contributed by atoms with Crippen molar-refractivity contribution in [2.24, 2.45) is 0 Å². The molecule has 0 radical (unpaired) electrons. The Morgan fingerprint density at radius 1 is 1.11 bits per heavy atom. The molecule has 1 atom stereocenters. The summed E-state index contributed by atoms with van der Waals surface area (Å²) in [6.45, 7) is 5.03. The van der Waals surface area contributed by atoms with Gasteiger partial charge in [0, 0.05) is 12.2 Å². The monoisotopic (exact) mass is 258 g/mol. The van der Waals surface area contributed by atoms with Crippen LogP contribution in [0.1, 0.15) is 30.0 Å². The van der Waals surface area contributed by atoms with Gasteiger partial charge in [-0.2, -0.15) is 0 Å². The second-order valence-corrected chi connectivity index (χ2v) is 5.25. The van der Waals surface area contributed by atoms with Gasteiger partial charge in [0.1, 0.15) is 11.5 Å². The number of aryl methyl sites for hydroxylation is 1. The minimum absolute atomic E-state index is 0.174. The molecular weight excluding hydrogens is 236 g/mol. The van der Waals surface area contributed by atoms with Crippen LogP contribution in [0.25, 0.3) is 0 Å². The van der Waals surface area contributed by atoms with E-state index in [4.69, 9.17) is 4.42 Å². The third-order valence-corrected chi connectivity index (χ3v) is 3.02. The van der Waals surface area contributed by atoms with Gasteiger partial charge in [0.15, 0.2) is 0 Å². The van der Waals surface area contributed by atoms with Crippen molar-refractivity contribution in [1.82, 2.24) is 4.90 Å². The van der Waals surface area contributed by atoms with Gasteiger partial charge in [0.2, 0.25) is 0 Å². The molecular formula is C16H22N2O. The fourth-order valence-corrected chi connectivity index (χ4v) is 2.08. The van der Waals surface area contributed by atoms with Crippen molar-refractivity contribution >= 4 is 5.69 Å². The van der Waals surface area contributed by atoms with E-state index in [-0.39, 0.29) is 6.04 Å². The van der Waals surface area contributed by atoms with Crippen LogP contribution in [0.15, 0.2) is 40.8 Å². The minimum atomic E-state index is 0.174. The molecule has 0 aliphatic carbocycles. The Morgan fingerprint density at radius 3 is 2.32 bits per heavy atom. The molecule has 1 heterocycles. The number of furan rings is 1. The zero-order valence-electron chi connectivity index (χ0n) is 12.1. The Labute approximate surface area is 115 Å². The van der Waals surface area contributed by atoms with E-state index in [0.717, 1.165) is 23.8 Å². The molecule has 0 saturated heterocycles. The summed E-state index contributed by atoms with van der Waals surface area (Å²) < 4.78 is 5.62. The van der Waals surface area contributed by atoms with Gasteiger partial charge in [-0.1, -0.05) is 12.1 Å². The average molecular weight is 258 g/mol. The summed E-state index contributed by atoms with van der Waals surface area (Å²) in [6.07, 6.45) is 0. The third kappa shape index (κ3) is 3.86. The largest absolute Gasteiger partial charge is 0.464 e. The number of hydrogen-bond donors (Lipinski definition) is 1. The Bertz CT molecular complexity index is 514. The molecule has 2 rings (SSSR count). The first-order valence-corrected chi connectivity index (χ1v) is 6.61. The molecule has 2 aromatic rings. The van der Waals surface area contributed by atoms with Crippen LogP contribution in [0.3, 0.4) is 0 Å². The molecule has 0 fully saturated rings. The first-order chi connectivity index (χ1) is 9.04. The minimum Gasteiger partial charge on any atom is -0.464 e. The van der Waals surface area contributed by atoms with E-state index >= 15 is 0 Å². The molecule has 19 heavy (non-hydrogen) atoms. The molecule has 1 aromatic heterocycles. The van der Waals surface area contributed by atoms with E-state index in [9.17, 15) is 0 Å². The van der Waals surface area contributed by atoms with E-state index in [1.807, 2.05) is 19.1 Å². The lowest BCUT2D eigenvalue weighted by atomic mass is 10.2.